The molecule has 6 heteroatoms. The molecule has 0 spiro atoms. The Balaban J connectivity index is 1.54. The lowest BCUT2D eigenvalue weighted by Gasteiger charge is -2.33. The molecule has 0 saturated carbocycles. The van der Waals surface area contributed by atoms with Crippen LogP contribution in [0.5, 0.6) is 17.2 Å². The first-order valence-electron chi connectivity index (χ1n) is 13.2. The van der Waals surface area contributed by atoms with E-state index < -0.39 is 0 Å². The van der Waals surface area contributed by atoms with Gasteiger partial charge in [0.2, 0.25) is 0 Å². The molecule has 0 aromatic heterocycles. The third-order valence-electron chi connectivity index (χ3n) is 7.08. The van der Waals surface area contributed by atoms with E-state index in [2.05, 4.69) is 44.3 Å². The van der Waals surface area contributed by atoms with Gasteiger partial charge < -0.3 is 19.5 Å². The summed E-state index contributed by atoms with van der Waals surface area (Å²) in [6.45, 7) is 8.91. The average molecular weight is 558 g/mol. The second-order valence-corrected chi connectivity index (χ2v) is 11.0. The summed E-state index contributed by atoms with van der Waals surface area (Å²) in [5, 5.41) is 4.29. The SMILES string of the molecule is COc1cc(OCc2ccccc2Cl)ccc1-c1ccc2c(c1COc1cc(F)ccc1C)C(C)=CC(C)(C)N2. The van der Waals surface area contributed by atoms with E-state index in [9.17, 15) is 4.39 Å². The van der Waals surface area contributed by atoms with Crippen LogP contribution in [-0.4, -0.2) is 12.6 Å². The van der Waals surface area contributed by atoms with Crippen LogP contribution in [0.3, 0.4) is 0 Å². The molecular formula is C34H33ClFNO3. The van der Waals surface area contributed by atoms with Crippen molar-refractivity contribution in [2.75, 3.05) is 12.4 Å². The lowest BCUT2D eigenvalue weighted by Crippen LogP contribution is -2.32. The van der Waals surface area contributed by atoms with Crippen LogP contribution in [0.1, 0.15) is 43.0 Å². The number of aryl methyl sites for hydroxylation is 1. The lowest BCUT2D eigenvalue weighted by atomic mass is 9.85. The van der Waals surface area contributed by atoms with E-state index in [0.717, 1.165) is 44.6 Å². The minimum Gasteiger partial charge on any atom is -0.496 e. The summed E-state index contributed by atoms with van der Waals surface area (Å²) in [6, 6.07) is 22.2. The normalized spacial score (nSPS) is 13.6. The van der Waals surface area contributed by atoms with Crippen LogP contribution in [0.2, 0.25) is 5.02 Å². The first-order valence-corrected chi connectivity index (χ1v) is 13.6. The zero-order valence-corrected chi connectivity index (χ0v) is 24.2. The van der Waals surface area contributed by atoms with Crippen molar-refractivity contribution in [3.63, 3.8) is 0 Å². The Kier molecular flexibility index (Phi) is 7.77. The van der Waals surface area contributed by atoms with Crippen LogP contribution in [0.25, 0.3) is 16.7 Å². The standard InChI is InChI=1S/C34H33ClFNO3/c1-21-10-11-24(36)16-31(21)40-20-28-26(14-15-30-33(28)22(2)18-34(3,4)37-30)27-13-12-25(17-32(27)38-5)39-19-23-8-6-7-9-29(23)35/h6-18,37H,19-20H2,1-5H3. The highest BCUT2D eigenvalue weighted by atomic mass is 35.5. The molecule has 4 aromatic rings. The van der Waals surface area contributed by atoms with E-state index in [0.29, 0.717) is 28.9 Å². The van der Waals surface area contributed by atoms with E-state index in [-0.39, 0.29) is 18.0 Å². The first-order chi connectivity index (χ1) is 19.1. The molecule has 206 valence electrons. The lowest BCUT2D eigenvalue weighted by molar-refractivity contribution is 0.302. The summed E-state index contributed by atoms with van der Waals surface area (Å²) in [4.78, 5) is 0. The molecule has 1 aliphatic rings. The fraction of sp³-hybridized carbons (Fsp3) is 0.235. The van der Waals surface area contributed by atoms with Gasteiger partial charge in [-0.15, -0.1) is 0 Å². The number of anilines is 1. The Labute approximate surface area is 240 Å². The van der Waals surface area contributed by atoms with Gasteiger partial charge in [0, 0.05) is 45.1 Å². The van der Waals surface area contributed by atoms with Crippen molar-refractivity contribution < 1.29 is 18.6 Å². The van der Waals surface area contributed by atoms with Gasteiger partial charge in [-0.25, -0.2) is 4.39 Å². The molecule has 4 aromatic carbocycles. The number of hydrogen-bond donors (Lipinski definition) is 1. The molecule has 0 atom stereocenters. The van der Waals surface area contributed by atoms with Crippen molar-refractivity contribution in [1.29, 1.82) is 0 Å². The van der Waals surface area contributed by atoms with Crippen molar-refractivity contribution in [3.8, 4) is 28.4 Å². The maximum absolute atomic E-state index is 14.0. The molecule has 40 heavy (non-hydrogen) atoms. The van der Waals surface area contributed by atoms with Crippen molar-refractivity contribution in [1.82, 2.24) is 0 Å². The predicted molar refractivity (Wildman–Crippen MR) is 161 cm³/mol. The van der Waals surface area contributed by atoms with Gasteiger partial charge in [0.15, 0.2) is 0 Å². The van der Waals surface area contributed by atoms with Crippen LogP contribution in [-0.2, 0) is 13.2 Å². The van der Waals surface area contributed by atoms with Gasteiger partial charge in [0.1, 0.15) is 36.3 Å². The molecule has 0 saturated heterocycles. The summed E-state index contributed by atoms with van der Waals surface area (Å²) in [7, 11) is 1.65. The number of ether oxygens (including phenoxy) is 3. The second-order valence-electron chi connectivity index (χ2n) is 10.6. The minimum atomic E-state index is -0.329. The Morgan fingerprint density at radius 3 is 2.40 bits per heavy atom. The van der Waals surface area contributed by atoms with Crippen LogP contribution in [0.4, 0.5) is 10.1 Å². The molecule has 1 heterocycles. The predicted octanol–water partition coefficient (Wildman–Crippen LogP) is 9.23. The molecule has 0 amide bonds. The number of hydrogen-bond acceptors (Lipinski definition) is 4. The molecule has 5 rings (SSSR count). The second kappa shape index (κ2) is 11.3. The van der Waals surface area contributed by atoms with Gasteiger partial charge in [-0.2, -0.15) is 0 Å². The summed E-state index contributed by atoms with van der Waals surface area (Å²) in [6.07, 6.45) is 2.22. The fourth-order valence-corrected chi connectivity index (χ4v) is 5.43. The average Bonchev–Trinajstić information content (AvgIpc) is 2.92. The Hall–Kier alpha value is -3.96. The highest BCUT2D eigenvalue weighted by Gasteiger charge is 2.27. The van der Waals surface area contributed by atoms with E-state index in [1.54, 1.807) is 13.2 Å². The molecule has 4 nitrogen and oxygen atoms in total. The smallest absolute Gasteiger partial charge is 0.130 e. The maximum atomic E-state index is 14.0. The molecule has 0 bridgehead atoms. The molecule has 0 unspecified atom stereocenters. The Morgan fingerprint density at radius 1 is 0.850 bits per heavy atom. The van der Waals surface area contributed by atoms with Crippen LogP contribution >= 0.6 is 11.6 Å². The van der Waals surface area contributed by atoms with E-state index in [1.165, 1.54) is 12.1 Å². The quantitative estimate of drug-likeness (QED) is 0.234. The maximum Gasteiger partial charge on any atom is 0.130 e. The third kappa shape index (κ3) is 5.80. The number of fused-ring (bicyclic) bond motifs is 1. The van der Waals surface area contributed by atoms with Crippen molar-refractivity contribution in [2.24, 2.45) is 0 Å². The van der Waals surface area contributed by atoms with Crippen LogP contribution < -0.4 is 19.5 Å². The number of allylic oxidation sites excluding steroid dienone is 1. The molecule has 0 radical (unpaired) electrons. The molecular weight excluding hydrogens is 525 g/mol. The van der Waals surface area contributed by atoms with Gasteiger partial charge in [-0.05, 0) is 74.7 Å². The van der Waals surface area contributed by atoms with Gasteiger partial charge in [-0.1, -0.05) is 48.0 Å². The van der Waals surface area contributed by atoms with E-state index >= 15 is 0 Å². The van der Waals surface area contributed by atoms with Gasteiger partial charge in [0.05, 0.1) is 12.6 Å². The number of methoxy groups -OCH3 is 1. The highest BCUT2D eigenvalue weighted by molar-refractivity contribution is 6.31. The number of halogens is 2. The Bertz CT molecular complexity index is 1590. The van der Waals surface area contributed by atoms with Gasteiger partial charge >= 0.3 is 0 Å². The van der Waals surface area contributed by atoms with Gasteiger partial charge in [-0.3, -0.25) is 0 Å². The number of rotatable bonds is 8. The summed E-state index contributed by atoms with van der Waals surface area (Å²) in [5.41, 5.74) is 7.71. The topological polar surface area (TPSA) is 39.7 Å². The Morgan fingerprint density at radius 2 is 1.62 bits per heavy atom. The van der Waals surface area contributed by atoms with Crippen molar-refractivity contribution in [2.45, 2.75) is 46.4 Å². The van der Waals surface area contributed by atoms with E-state index in [1.807, 2.05) is 49.4 Å². The van der Waals surface area contributed by atoms with E-state index in [4.69, 9.17) is 25.8 Å². The molecule has 1 aliphatic heterocycles. The van der Waals surface area contributed by atoms with Gasteiger partial charge in [0.25, 0.3) is 0 Å². The van der Waals surface area contributed by atoms with Crippen molar-refractivity contribution in [3.05, 3.63) is 112 Å². The summed E-state index contributed by atoms with van der Waals surface area (Å²) < 4.78 is 32.2. The molecule has 0 aliphatic carbocycles. The largest absolute Gasteiger partial charge is 0.496 e. The number of nitrogens with one attached hydrogen (secondary N) is 1. The number of benzene rings is 4. The van der Waals surface area contributed by atoms with Crippen LogP contribution in [0, 0.1) is 12.7 Å². The minimum absolute atomic E-state index is 0.186. The molecule has 1 N–H and O–H groups in total. The zero-order valence-electron chi connectivity index (χ0n) is 23.4. The monoisotopic (exact) mass is 557 g/mol. The summed E-state index contributed by atoms with van der Waals surface area (Å²) >= 11 is 6.30. The third-order valence-corrected chi connectivity index (χ3v) is 7.45. The fourth-order valence-electron chi connectivity index (χ4n) is 5.24. The summed E-state index contributed by atoms with van der Waals surface area (Å²) in [5.74, 6) is 1.53. The highest BCUT2D eigenvalue weighted by Crippen LogP contribution is 2.43. The zero-order chi connectivity index (χ0) is 28.4. The molecule has 0 fully saturated rings. The van der Waals surface area contributed by atoms with Crippen LogP contribution in [0.15, 0.2) is 78.9 Å². The first kappa shape index (κ1) is 27.6. The van der Waals surface area contributed by atoms with Crippen molar-refractivity contribution >= 4 is 22.9 Å².